The van der Waals surface area contributed by atoms with Crippen LogP contribution in [0.2, 0.25) is 0 Å². The number of amides is 1. The van der Waals surface area contributed by atoms with E-state index in [2.05, 4.69) is 15.2 Å². The Morgan fingerprint density at radius 2 is 1.80 bits per heavy atom. The van der Waals surface area contributed by atoms with Crippen LogP contribution in [0.1, 0.15) is 47.3 Å². The van der Waals surface area contributed by atoms with Crippen molar-refractivity contribution in [1.29, 1.82) is 0 Å². The molecule has 0 radical (unpaired) electrons. The Morgan fingerprint density at radius 3 is 2.37 bits per heavy atom. The molecule has 0 spiro atoms. The first-order valence-corrected chi connectivity index (χ1v) is 10.1. The van der Waals surface area contributed by atoms with Gasteiger partial charge in [0.2, 0.25) is 0 Å². The highest BCUT2D eigenvalue weighted by Crippen LogP contribution is 2.25. The van der Waals surface area contributed by atoms with Crippen molar-refractivity contribution in [2.24, 2.45) is 0 Å². The van der Waals surface area contributed by atoms with Gasteiger partial charge in [0, 0.05) is 35.7 Å². The Balaban J connectivity index is 1.59. The van der Waals surface area contributed by atoms with E-state index in [-0.39, 0.29) is 5.69 Å². The molecule has 162 valence electrons. The molecule has 0 saturated carbocycles. The predicted molar refractivity (Wildman–Crippen MR) is 114 cm³/mol. The van der Waals surface area contributed by atoms with Crippen molar-refractivity contribution in [3.8, 4) is 0 Å². The van der Waals surface area contributed by atoms with E-state index in [1.807, 2.05) is 24.3 Å². The van der Waals surface area contributed by atoms with Gasteiger partial charge in [-0.25, -0.2) is 4.79 Å². The van der Waals surface area contributed by atoms with E-state index in [0.717, 1.165) is 18.8 Å². The molecule has 3 N–H and O–H groups in total. The zero-order chi connectivity index (χ0) is 21.8. The maximum Gasteiger partial charge on any atom is 0.355 e. The summed E-state index contributed by atoms with van der Waals surface area (Å²) in [6.07, 6.45) is -1.68. The number of aryl methyl sites for hydroxylation is 1. The number of aliphatic hydroxyl groups is 1. The number of carbonyl (C=O) groups excluding carboxylic acids is 2. The molecular weight excluding hydrogens is 386 g/mol. The number of nitrogens with one attached hydrogen (secondary N) is 2. The third-order valence-electron chi connectivity index (χ3n) is 5.28. The van der Waals surface area contributed by atoms with E-state index in [4.69, 9.17) is 9.47 Å². The molecule has 1 amide bonds. The highest BCUT2D eigenvalue weighted by atomic mass is 16.5. The molecule has 3 rings (SSSR count). The van der Waals surface area contributed by atoms with Crippen LogP contribution in [0.15, 0.2) is 24.3 Å². The SMILES string of the molecule is Cc1[nH]c(C(=O)O[C@@H](C)C(=O)Nc2ccc(N3CCOCC3)cc2)c(C)c1[C@@H](C)O. The van der Waals surface area contributed by atoms with E-state index in [1.54, 1.807) is 20.8 Å². The molecule has 0 aliphatic carbocycles. The molecule has 1 saturated heterocycles. The molecule has 2 aromatic rings. The Hall–Kier alpha value is -2.84. The number of H-pyrrole nitrogens is 1. The lowest BCUT2D eigenvalue weighted by Crippen LogP contribution is -2.36. The second-order valence-corrected chi connectivity index (χ2v) is 7.52. The molecule has 8 nitrogen and oxygen atoms in total. The van der Waals surface area contributed by atoms with E-state index in [1.165, 1.54) is 6.92 Å². The molecular formula is C22H29N3O5. The van der Waals surface area contributed by atoms with Gasteiger partial charge in [0.15, 0.2) is 6.10 Å². The lowest BCUT2D eigenvalue weighted by Gasteiger charge is -2.28. The van der Waals surface area contributed by atoms with Gasteiger partial charge in [-0.15, -0.1) is 0 Å². The number of hydrogen-bond donors (Lipinski definition) is 3. The second-order valence-electron chi connectivity index (χ2n) is 7.52. The van der Waals surface area contributed by atoms with Gasteiger partial charge in [-0.05, 0) is 57.5 Å². The quantitative estimate of drug-likeness (QED) is 0.627. The zero-order valence-corrected chi connectivity index (χ0v) is 17.8. The van der Waals surface area contributed by atoms with E-state index in [0.29, 0.717) is 35.7 Å². The number of aromatic amines is 1. The summed E-state index contributed by atoms with van der Waals surface area (Å²) in [6, 6.07) is 7.54. The molecule has 0 bridgehead atoms. The molecule has 0 unspecified atom stereocenters. The number of ether oxygens (including phenoxy) is 2. The third kappa shape index (κ3) is 4.83. The van der Waals surface area contributed by atoms with Gasteiger partial charge >= 0.3 is 5.97 Å². The van der Waals surface area contributed by atoms with Crippen molar-refractivity contribution in [3.05, 3.63) is 46.8 Å². The standard InChI is InChI=1S/C22H29N3O5/c1-13-19(15(3)26)14(2)23-20(13)22(28)30-16(4)21(27)24-17-5-7-18(8-6-17)25-9-11-29-12-10-25/h5-8,15-16,23,26H,9-12H2,1-4H3,(H,24,27)/t15-,16+/m1/s1. The Morgan fingerprint density at radius 1 is 1.17 bits per heavy atom. The molecule has 1 aromatic heterocycles. The Kier molecular flexibility index (Phi) is 6.79. The third-order valence-corrected chi connectivity index (χ3v) is 5.28. The van der Waals surface area contributed by atoms with E-state index >= 15 is 0 Å². The van der Waals surface area contributed by atoms with Crippen LogP contribution >= 0.6 is 0 Å². The summed E-state index contributed by atoms with van der Waals surface area (Å²) in [5.41, 5.74) is 3.94. The number of anilines is 2. The normalized spacial score (nSPS) is 16.1. The average Bonchev–Trinajstić information content (AvgIpc) is 3.03. The first-order valence-electron chi connectivity index (χ1n) is 10.1. The number of carbonyl (C=O) groups is 2. The van der Waals surface area contributed by atoms with Crippen molar-refractivity contribution >= 4 is 23.3 Å². The highest BCUT2D eigenvalue weighted by Gasteiger charge is 2.25. The fraction of sp³-hybridized carbons (Fsp3) is 0.455. The number of rotatable bonds is 6. The summed E-state index contributed by atoms with van der Waals surface area (Å²) >= 11 is 0. The van der Waals surface area contributed by atoms with Gasteiger partial charge in [0.25, 0.3) is 5.91 Å². The maximum atomic E-state index is 12.5. The van der Waals surface area contributed by atoms with Crippen molar-refractivity contribution in [2.45, 2.75) is 39.9 Å². The second kappa shape index (κ2) is 9.32. The van der Waals surface area contributed by atoms with Crippen molar-refractivity contribution in [2.75, 3.05) is 36.5 Å². The first kappa shape index (κ1) is 21.9. The van der Waals surface area contributed by atoms with Gasteiger partial charge in [-0.1, -0.05) is 0 Å². The number of benzene rings is 1. The van der Waals surface area contributed by atoms with Gasteiger partial charge in [-0.3, -0.25) is 4.79 Å². The largest absolute Gasteiger partial charge is 0.448 e. The number of aromatic nitrogens is 1. The summed E-state index contributed by atoms with van der Waals surface area (Å²) in [4.78, 5) is 30.1. The fourth-order valence-corrected chi connectivity index (χ4v) is 3.69. The number of aliphatic hydroxyl groups excluding tert-OH is 1. The highest BCUT2D eigenvalue weighted by molar-refractivity contribution is 5.97. The van der Waals surface area contributed by atoms with E-state index in [9.17, 15) is 14.7 Å². The lowest BCUT2D eigenvalue weighted by atomic mass is 10.1. The molecule has 8 heteroatoms. The maximum absolute atomic E-state index is 12.5. The van der Waals surface area contributed by atoms with Gasteiger partial charge in [0.1, 0.15) is 5.69 Å². The minimum absolute atomic E-state index is 0.248. The van der Waals surface area contributed by atoms with Gasteiger partial charge in [-0.2, -0.15) is 0 Å². The molecule has 2 atom stereocenters. The molecule has 2 heterocycles. The predicted octanol–water partition coefficient (Wildman–Crippen LogP) is 2.71. The zero-order valence-electron chi connectivity index (χ0n) is 17.8. The number of esters is 1. The molecule has 1 aromatic carbocycles. The summed E-state index contributed by atoms with van der Waals surface area (Å²) in [5.74, 6) is -1.05. The van der Waals surface area contributed by atoms with Crippen LogP contribution < -0.4 is 10.2 Å². The summed E-state index contributed by atoms with van der Waals surface area (Å²) in [5, 5.41) is 12.6. The van der Waals surface area contributed by atoms with Crippen LogP contribution in [-0.2, 0) is 14.3 Å². The van der Waals surface area contributed by atoms with Crippen molar-refractivity contribution < 1.29 is 24.2 Å². The molecule has 1 aliphatic heterocycles. The summed E-state index contributed by atoms with van der Waals surface area (Å²) < 4.78 is 10.7. The number of morpholine rings is 1. The number of hydrogen-bond acceptors (Lipinski definition) is 6. The lowest BCUT2D eigenvalue weighted by molar-refractivity contribution is -0.123. The summed E-state index contributed by atoms with van der Waals surface area (Å²) in [6.45, 7) is 9.78. The minimum Gasteiger partial charge on any atom is -0.448 e. The van der Waals surface area contributed by atoms with Crippen molar-refractivity contribution in [3.63, 3.8) is 0 Å². The van der Waals surface area contributed by atoms with Crippen LogP contribution in [0, 0.1) is 13.8 Å². The van der Waals surface area contributed by atoms with Crippen LogP contribution in [-0.4, -0.2) is 54.4 Å². The van der Waals surface area contributed by atoms with Gasteiger partial charge < -0.3 is 29.8 Å². The monoisotopic (exact) mass is 415 g/mol. The number of nitrogens with zero attached hydrogens (tertiary/aromatic N) is 1. The smallest absolute Gasteiger partial charge is 0.355 e. The molecule has 30 heavy (non-hydrogen) atoms. The van der Waals surface area contributed by atoms with Crippen molar-refractivity contribution in [1.82, 2.24) is 4.98 Å². The fourth-order valence-electron chi connectivity index (χ4n) is 3.69. The summed E-state index contributed by atoms with van der Waals surface area (Å²) in [7, 11) is 0. The van der Waals surface area contributed by atoms with Crippen LogP contribution in [0.4, 0.5) is 11.4 Å². The minimum atomic E-state index is -0.977. The Labute approximate surface area is 176 Å². The van der Waals surface area contributed by atoms with Crippen LogP contribution in [0.5, 0.6) is 0 Å². The molecule has 1 fully saturated rings. The average molecular weight is 415 g/mol. The van der Waals surface area contributed by atoms with Crippen LogP contribution in [0.3, 0.4) is 0 Å². The topological polar surface area (TPSA) is 104 Å². The van der Waals surface area contributed by atoms with Gasteiger partial charge in [0.05, 0.1) is 19.3 Å². The van der Waals surface area contributed by atoms with E-state index < -0.39 is 24.1 Å². The first-order chi connectivity index (χ1) is 14.3. The molecule has 1 aliphatic rings. The van der Waals surface area contributed by atoms with Crippen LogP contribution in [0.25, 0.3) is 0 Å². The Bertz CT molecular complexity index is 898.